The van der Waals surface area contributed by atoms with Crippen molar-refractivity contribution in [3.05, 3.63) is 65.2 Å². The van der Waals surface area contributed by atoms with E-state index in [1.54, 1.807) is 30.6 Å². The number of hydrogen-bond acceptors (Lipinski definition) is 2. The molecule has 0 aliphatic rings. The largest absolute Gasteiger partial charge is 0.347 e. The van der Waals surface area contributed by atoms with E-state index in [0.29, 0.717) is 12.0 Å². The molecule has 0 fully saturated rings. The second-order valence-electron chi connectivity index (χ2n) is 7.01. The topological polar surface area (TPSA) is 42.0 Å². The maximum atomic E-state index is 13.0. The molecule has 3 nitrogen and oxygen atoms in total. The number of carbonyl (C=O) groups excluding carboxylic acids is 1. The molecule has 0 aliphatic heterocycles. The molecule has 0 saturated carbocycles. The van der Waals surface area contributed by atoms with E-state index < -0.39 is 5.54 Å². The number of pyridine rings is 1. The van der Waals surface area contributed by atoms with Crippen molar-refractivity contribution in [1.29, 1.82) is 0 Å². The number of halogens is 1. The van der Waals surface area contributed by atoms with Gasteiger partial charge < -0.3 is 5.32 Å². The van der Waals surface area contributed by atoms with Gasteiger partial charge in [-0.25, -0.2) is 4.39 Å². The van der Waals surface area contributed by atoms with E-state index in [-0.39, 0.29) is 11.7 Å². The van der Waals surface area contributed by atoms with Crippen LogP contribution in [-0.4, -0.2) is 16.4 Å². The number of nitrogens with one attached hydrogen (secondary N) is 1. The van der Waals surface area contributed by atoms with Gasteiger partial charge in [-0.1, -0.05) is 37.3 Å². The normalized spacial score (nSPS) is 10.8. The molecule has 1 aromatic heterocycles. The van der Waals surface area contributed by atoms with Crippen LogP contribution in [0.3, 0.4) is 0 Å². The lowest BCUT2D eigenvalue weighted by atomic mass is 9.94. The molecule has 0 spiro atoms. The van der Waals surface area contributed by atoms with E-state index in [9.17, 15) is 9.18 Å². The predicted octanol–water partition coefficient (Wildman–Crippen LogP) is 4.51. The van der Waals surface area contributed by atoms with Gasteiger partial charge >= 0.3 is 0 Å². The van der Waals surface area contributed by atoms with Crippen molar-refractivity contribution >= 4 is 5.91 Å². The standard InChI is InChI=1S/C22H25FN2O/c1-4-5-6-7-8-18-13-19(16-24-15-18)21(26)25-22(2,3)14-17-9-11-20(23)12-10-17/h9-13,15-16H,4-6,14H2,1-3H3,(H,25,26). The first-order valence-corrected chi connectivity index (χ1v) is 8.90. The first-order valence-electron chi connectivity index (χ1n) is 8.90. The second kappa shape index (κ2) is 9.15. The van der Waals surface area contributed by atoms with Crippen LogP contribution in [0.5, 0.6) is 0 Å². The number of carbonyl (C=O) groups is 1. The smallest absolute Gasteiger partial charge is 0.253 e. The van der Waals surface area contributed by atoms with Gasteiger partial charge in [0.05, 0.1) is 5.56 Å². The summed E-state index contributed by atoms with van der Waals surface area (Å²) in [5, 5.41) is 3.02. The van der Waals surface area contributed by atoms with Crippen LogP contribution in [0.25, 0.3) is 0 Å². The highest BCUT2D eigenvalue weighted by Gasteiger charge is 2.22. The molecule has 0 bridgehead atoms. The number of nitrogens with zero attached hydrogens (tertiary/aromatic N) is 1. The summed E-state index contributed by atoms with van der Waals surface area (Å²) in [4.78, 5) is 16.7. The van der Waals surface area contributed by atoms with Crippen molar-refractivity contribution in [2.24, 2.45) is 0 Å². The Morgan fingerprint density at radius 1 is 1.23 bits per heavy atom. The van der Waals surface area contributed by atoms with Crippen molar-refractivity contribution in [2.45, 2.75) is 52.0 Å². The Morgan fingerprint density at radius 3 is 2.65 bits per heavy atom. The third kappa shape index (κ3) is 6.33. The molecule has 0 atom stereocenters. The molecule has 0 radical (unpaired) electrons. The lowest BCUT2D eigenvalue weighted by Gasteiger charge is -2.26. The van der Waals surface area contributed by atoms with Gasteiger partial charge in [0.2, 0.25) is 0 Å². The van der Waals surface area contributed by atoms with Crippen LogP contribution >= 0.6 is 0 Å². The average molecular weight is 352 g/mol. The van der Waals surface area contributed by atoms with Crippen molar-refractivity contribution in [3.8, 4) is 11.8 Å². The molecule has 136 valence electrons. The van der Waals surface area contributed by atoms with Crippen LogP contribution in [-0.2, 0) is 6.42 Å². The molecule has 0 saturated heterocycles. The fraction of sp³-hybridized carbons (Fsp3) is 0.364. The SMILES string of the molecule is CCCCC#Cc1cncc(C(=O)NC(C)(C)Cc2ccc(F)cc2)c1. The first-order chi connectivity index (χ1) is 12.4. The van der Waals surface area contributed by atoms with Crippen LogP contribution in [0.4, 0.5) is 4.39 Å². The average Bonchev–Trinajstić information content (AvgIpc) is 2.60. The van der Waals surface area contributed by atoms with E-state index in [1.807, 2.05) is 13.8 Å². The summed E-state index contributed by atoms with van der Waals surface area (Å²) in [7, 11) is 0. The zero-order valence-electron chi connectivity index (χ0n) is 15.6. The third-order valence-corrected chi connectivity index (χ3v) is 3.90. The van der Waals surface area contributed by atoms with Gasteiger partial charge in [-0.15, -0.1) is 0 Å². The van der Waals surface area contributed by atoms with E-state index in [0.717, 1.165) is 30.4 Å². The zero-order chi connectivity index (χ0) is 19.0. The van der Waals surface area contributed by atoms with E-state index in [2.05, 4.69) is 29.1 Å². The maximum absolute atomic E-state index is 13.0. The molecule has 1 N–H and O–H groups in total. The first kappa shape index (κ1) is 19.7. The van der Waals surface area contributed by atoms with Gasteiger partial charge in [-0.05, 0) is 50.5 Å². The maximum Gasteiger partial charge on any atom is 0.253 e. The molecule has 4 heteroatoms. The van der Waals surface area contributed by atoms with Crippen LogP contribution in [0.1, 0.15) is 61.5 Å². The molecule has 1 amide bonds. The molecular formula is C22H25FN2O. The minimum atomic E-state index is -0.474. The third-order valence-electron chi connectivity index (χ3n) is 3.90. The highest BCUT2D eigenvalue weighted by Crippen LogP contribution is 2.14. The van der Waals surface area contributed by atoms with Crippen molar-refractivity contribution in [1.82, 2.24) is 10.3 Å². The van der Waals surface area contributed by atoms with Crippen LogP contribution in [0.2, 0.25) is 0 Å². The van der Waals surface area contributed by atoms with Gasteiger partial charge in [0.15, 0.2) is 0 Å². The number of hydrogen-bond donors (Lipinski definition) is 1. The Bertz CT molecular complexity index is 801. The highest BCUT2D eigenvalue weighted by molar-refractivity contribution is 5.94. The molecule has 2 aromatic rings. The van der Waals surface area contributed by atoms with Gasteiger partial charge in [0.1, 0.15) is 5.82 Å². The minimum absolute atomic E-state index is 0.193. The molecule has 0 aliphatic carbocycles. The van der Waals surface area contributed by atoms with Gasteiger partial charge in [0.25, 0.3) is 5.91 Å². The van der Waals surface area contributed by atoms with Crippen molar-refractivity contribution in [3.63, 3.8) is 0 Å². The zero-order valence-corrected chi connectivity index (χ0v) is 15.6. The summed E-state index contributed by atoms with van der Waals surface area (Å²) in [6, 6.07) is 8.08. The number of benzene rings is 1. The van der Waals surface area contributed by atoms with Crippen LogP contribution < -0.4 is 5.32 Å². The monoisotopic (exact) mass is 352 g/mol. The summed E-state index contributed by atoms with van der Waals surface area (Å²) in [6.45, 7) is 6.01. The Balaban J connectivity index is 2.03. The summed E-state index contributed by atoms with van der Waals surface area (Å²) in [6.07, 6.45) is 6.83. The molecular weight excluding hydrogens is 327 g/mol. The minimum Gasteiger partial charge on any atom is -0.347 e. The lowest BCUT2D eigenvalue weighted by molar-refractivity contribution is 0.0912. The van der Waals surface area contributed by atoms with Gasteiger partial charge in [-0.3, -0.25) is 9.78 Å². The molecule has 1 heterocycles. The molecule has 0 unspecified atom stereocenters. The number of amides is 1. The van der Waals surface area contributed by atoms with Crippen molar-refractivity contribution in [2.75, 3.05) is 0 Å². The number of rotatable bonds is 6. The summed E-state index contributed by atoms with van der Waals surface area (Å²) >= 11 is 0. The Morgan fingerprint density at radius 2 is 1.96 bits per heavy atom. The van der Waals surface area contributed by atoms with Crippen LogP contribution in [0.15, 0.2) is 42.7 Å². The second-order valence-corrected chi connectivity index (χ2v) is 7.01. The summed E-state index contributed by atoms with van der Waals surface area (Å²) in [5.74, 6) is 5.70. The molecule has 26 heavy (non-hydrogen) atoms. The fourth-order valence-corrected chi connectivity index (χ4v) is 2.60. The fourth-order valence-electron chi connectivity index (χ4n) is 2.60. The van der Waals surface area contributed by atoms with Crippen LogP contribution in [0, 0.1) is 17.7 Å². The Labute approximate surface area is 155 Å². The highest BCUT2D eigenvalue weighted by atomic mass is 19.1. The van der Waals surface area contributed by atoms with Gasteiger partial charge in [-0.2, -0.15) is 0 Å². The lowest BCUT2D eigenvalue weighted by Crippen LogP contribution is -2.45. The van der Waals surface area contributed by atoms with E-state index in [1.165, 1.54) is 12.1 Å². The van der Waals surface area contributed by atoms with E-state index >= 15 is 0 Å². The number of unbranched alkanes of at least 4 members (excludes halogenated alkanes) is 2. The Kier molecular flexibility index (Phi) is 6.91. The number of aromatic nitrogens is 1. The predicted molar refractivity (Wildman–Crippen MR) is 102 cm³/mol. The van der Waals surface area contributed by atoms with E-state index in [4.69, 9.17) is 0 Å². The summed E-state index contributed by atoms with van der Waals surface area (Å²) in [5.41, 5.74) is 1.72. The van der Waals surface area contributed by atoms with Crippen molar-refractivity contribution < 1.29 is 9.18 Å². The summed E-state index contributed by atoms with van der Waals surface area (Å²) < 4.78 is 13.0. The Hall–Kier alpha value is -2.67. The van der Waals surface area contributed by atoms with Gasteiger partial charge in [0, 0.05) is 29.9 Å². The molecule has 2 rings (SSSR count). The quantitative estimate of drug-likeness (QED) is 0.614. The molecule has 1 aromatic carbocycles.